The van der Waals surface area contributed by atoms with Gasteiger partial charge in [0.1, 0.15) is 17.3 Å². The molecule has 1 aromatic heterocycles. The van der Waals surface area contributed by atoms with Crippen molar-refractivity contribution in [3.8, 4) is 5.75 Å². The van der Waals surface area contributed by atoms with Gasteiger partial charge in [0.05, 0.1) is 6.42 Å². The van der Waals surface area contributed by atoms with Crippen molar-refractivity contribution in [1.82, 2.24) is 9.97 Å². The fourth-order valence-corrected chi connectivity index (χ4v) is 2.91. The highest BCUT2D eigenvalue weighted by Crippen LogP contribution is 2.18. The Bertz CT molecular complexity index is 1090. The second-order valence-electron chi connectivity index (χ2n) is 6.63. The number of imidazole rings is 1. The molecule has 0 saturated heterocycles. The number of rotatable bonds is 9. The average molecular weight is 443 g/mol. The molecule has 31 heavy (non-hydrogen) atoms. The van der Waals surface area contributed by atoms with Gasteiger partial charge in [-0.15, -0.1) is 0 Å². The zero-order valence-corrected chi connectivity index (χ0v) is 17.0. The third-order valence-corrected chi connectivity index (χ3v) is 4.44. The number of carboxylic acids is 1. The van der Waals surface area contributed by atoms with Gasteiger partial charge < -0.3 is 25.9 Å². The maximum Gasteiger partial charge on any atom is 0.341 e. The topological polar surface area (TPSA) is 147 Å². The van der Waals surface area contributed by atoms with Crippen LogP contribution >= 0.6 is 11.6 Å². The van der Waals surface area contributed by atoms with Crippen molar-refractivity contribution >= 4 is 35.2 Å². The van der Waals surface area contributed by atoms with E-state index in [0.29, 0.717) is 23.0 Å². The molecule has 2 aromatic carbocycles. The van der Waals surface area contributed by atoms with Gasteiger partial charge in [-0.1, -0.05) is 35.9 Å². The number of ether oxygens (including phenoxy) is 1. The smallest absolute Gasteiger partial charge is 0.341 e. The van der Waals surface area contributed by atoms with Crippen LogP contribution in [0.25, 0.3) is 0 Å². The normalized spacial score (nSPS) is 10.5. The molecule has 3 rings (SSSR count). The van der Waals surface area contributed by atoms with Crippen molar-refractivity contribution in [3.05, 3.63) is 76.2 Å². The van der Waals surface area contributed by atoms with Crippen molar-refractivity contribution < 1.29 is 24.2 Å². The number of nitrogens with zero attached hydrogens (tertiary/aromatic N) is 1. The van der Waals surface area contributed by atoms with Gasteiger partial charge in [0.25, 0.3) is 5.91 Å². The third kappa shape index (κ3) is 6.31. The molecular formula is C21H19ClN4O5. The predicted octanol–water partition coefficient (Wildman–Crippen LogP) is 2.40. The molecule has 0 unspecified atom stereocenters. The molecular weight excluding hydrogens is 424 g/mol. The van der Waals surface area contributed by atoms with E-state index in [1.54, 1.807) is 48.5 Å². The lowest BCUT2D eigenvalue weighted by molar-refractivity contribution is -0.139. The van der Waals surface area contributed by atoms with Crippen molar-refractivity contribution in [2.45, 2.75) is 12.8 Å². The standard InChI is InChI=1S/C21H19ClN4O5/c22-14-5-1-13(2-6-14)10-17(27)26-21-19(20(23)30)24-16(25-21)9-12-3-7-15(8-4-12)31-11-18(28)29/h1-8H,9-11H2,(H2,23,30)(H,24,25)(H,26,27)(H,28,29). The summed E-state index contributed by atoms with van der Waals surface area (Å²) in [5.74, 6) is -1.28. The monoisotopic (exact) mass is 442 g/mol. The van der Waals surface area contributed by atoms with Gasteiger partial charge in [0.15, 0.2) is 12.4 Å². The molecule has 10 heteroatoms. The highest BCUT2D eigenvalue weighted by atomic mass is 35.5. The molecule has 0 atom stereocenters. The lowest BCUT2D eigenvalue weighted by atomic mass is 10.1. The molecule has 5 N–H and O–H groups in total. The van der Waals surface area contributed by atoms with E-state index < -0.39 is 18.5 Å². The Kier molecular flexibility index (Phi) is 6.88. The van der Waals surface area contributed by atoms with Crippen LogP contribution in [-0.2, 0) is 22.4 Å². The van der Waals surface area contributed by atoms with Gasteiger partial charge >= 0.3 is 5.97 Å². The van der Waals surface area contributed by atoms with Gasteiger partial charge in [0.2, 0.25) is 5.91 Å². The molecule has 9 nitrogen and oxygen atoms in total. The third-order valence-electron chi connectivity index (χ3n) is 4.19. The Labute approximate surface area is 182 Å². The van der Waals surface area contributed by atoms with Gasteiger partial charge in [-0.25, -0.2) is 9.78 Å². The number of halogens is 1. The van der Waals surface area contributed by atoms with E-state index in [0.717, 1.165) is 11.1 Å². The van der Waals surface area contributed by atoms with Gasteiger partial charge in [-0.3, -0.25) is 9.59 Å². The summed E-state index contributed by atoms with van der Waals surface area (Å²) in [6.45, 7) is -0.432. The molecule has 0 aliphatic carbocycles. The molecule has 3 aromatic rings. The number of nitrogens with one attached hydrogen (secondary N) is 2. The Morgan fingerprint density at radius 2 is 1.71 bits per heavy atom. The minimum atomic E-state index is -1.07. The summed E-state index contributed by atoms with van der Waals surface area (Å²) in [4.78, 5) is 41.8. The lowest BCUT2D eigenvalue weighted by Gasteiger charge is -2.04. The van der Waals surface area contributed by atoms with Crippen molar-refractivity contribution in [2.75, 3.05) is 11.9 Å². The molecule has 160 valence electrons. The summed E-state index contributed by atoms with van der Waals surface area (Å²) in [5, 5.41) is 11.8. The number of amides is 2. The molecule has 0 spiro atoms. The SMILES string of the molecule is NC(=O)c1[nH]c(Cc2ccc(OCC(=O)O)cc2)nc1NC(=O)Cc1ccc(Cl)cc1. The number of aliphatic carboxylic acids is 1. The van der Waals surface area contributed by atoms with E-state index in [9.17, 15) is 14.4 Å². The number of primary amides is 1. The van der Waals surface area contributed by atoms with Gasteiger partial charge in [-0.2, -0.15) is 0 Å². The average Bonchev–Trinajstić information content (AvgIpc) is 3.11. The van der Waals surface area contributed by atoms with Crippen LogP contribution in [0.3, 0.4) is 0 Å². The highest BCUT2D eigenvalue weighted by Gasteiger charge is 2.17. The number of carbonyl (C=O) groups excluding carboxylic acids is 2. The number of nitrogens with two attached hydrogens (primary N) is 1. The van der Waals surface area contributed by atoms with Crippen LogP contribution in [0.4, 0.5) is 5.82 Å². The van der Waals surface area contributed by atoms with E-state index in [1.807, 2.05) is 0 Å². The fraction of sp³-hybridized carbons (Fsp3) is 0.143. The first-order valence-electron chi connectivity index (χ1n) is 9.16. The van der Waals surface area contributed by atoms with Gasteiger partial charge in [0, 0.05) is 11.4 Å². The van der Waals surface area contributed by atoms with Crippen molar-refractivity contribution in [2.24, 2.45) is 5.73 Å². The minimum Gasteiger partial charge on any atom is -0.482 e. The molecule has 0 bridgehead atoms. The number of aromatic amines is 1. The first-order chi connectivity index (χ1) is 14.8. The van der Waals surface area contributed by atoms with E-state index in [1.165, 1.54) is 0 Å². The molecule has 0 fully saturated rings. The quantitative estimate of drug-likeness (QED) is 0.400. The van der Waals surface area contributed by atoms with Crippen LogP contribution in [-0.4, -0.2) is 39.5 Å². The van der Waals surface area contributed by atoms with Gasteiger partial charge in [-0.05, 0) is 35.4 Å². The lowest BCUT2D eigenvalue weighted by Crippen LogP contribution is -2.19. The van der Waals surface area contributed by atoms with Crippen molar-refractivity contribution in [1.29, 1.82) is 0 Å². The number of benzene rings is 2. The van der Waals surface area contributed by atoms with Crippen LogP contribution in [0.2, 0.25) is 5.02 Å². The first kappa shape index (κ1) is 21.8. The molecule has 0 aliphatic rings. The molecule has 0 saturated carbocycles. The van der Waals surface area contributed by atoms with E-state index in [-0.39, 0.29) is 23.8 Å². The second kappa shape index (κ2) is 9.77. The molecule has 1 heterocycles. The van der Waals surface area contributed by atoms with Crippen molar-refractivity contribution in [3.63, 3.8) is 0 Å². The summed E-state index contributed by atoms with van der Waals surface area (Å²) >= 11 is 5.84. The fourth-order valence-electron chi connectivity index (χ4n) is 2.78. The highest BCUT2D eigenvalue weighted by molar-refractivity contribution is 6.30. The Morgan fingerprint density at radius 1 is 1.06 bits per heavy atom. The Morgan fingerprint density at radius 3 is 2.32 bits per heavy atom. The minimum absolute atomic E-state index is 0.000804. The van der Waals surface area contributed by atoms with E-state index in [4.69, 9.17) is 27.2 Å². The molecule has 2 amide bonds. The number of hydrogen-bond acceptors (Lipinski definition) is 5. The number of aromatic nitrogens is 2. The summed E-state index contributed by atoms with van der Waals surface area (Å²) in [6.07, 6.45) is 0.405. The van der Waals surface area contributed by atoms with E-state index >= 15 is 0 Å². The summed E-state index contributed by atoms with van der Waals surface area (Å²) in [6, 6.07) is 13.6. The zero-order chi connectivity index (χ0) is 22.4. The number of carbonyl (C=O) groups is 3. The zero-order valence-electron chi connectivity index (χ0n) is 16.2. The largest absolute Gasteiger partial charge is 0.482 e. The number of hydrogen-bond donors (Lipinski definition) is 4. The molecule has 0 aliphatic heterocycles. The second-order valence-corrected chi connectivity index (χ2v) is 7.06. The maximum absolute atomic E-state index is 12.4. The number of carboxylic acid groups (broad SMARTS) is 1. The van der Waals surface area contributed by atoms with Crippen LogP contribution in [0.5, 0.6) is 5.75 Å². The molecule has 0 radical (unpaired) electrons. The number of H-pyrrole nitrogens is 1. The Hall–Kier alpha value is -3.85. The van der Waals surface area contributed by atoms with Crippen LogP contribution in [0, 0.1) is 0 Å². The van der Waals surface area contributed by atoms with Crippen LogP contribution < -0.4 is 15.8 Å². The first-order valence-corrected chi connectivity index (χ1v) is 9.54. The Balaban J connectivity index is 1.68. The summed E-state index contributed by atoms with van der Waals surface area (Å²) < 4.78 is 5.09. The number of anilines is 1. The summed E-state index contributed by atoms with van der Waals surface area (Å²) in [5.41, 5.74) is 6.98. The summed E-state index contributed by atoms with van der Waals surface area (Å²) in [7, 11) is 0. The van der Waals surface area contributed by atoms with Crippen LogP contribution in [0.1, 0.15) is 27.4 Å². The van der Waals surface area contributed by atoms with E-state index in [2.05, 4.69) is 15.3 Å². The van der Waals surface area contributed by atoms with Crippen LogP contribution in [0.15, 0.2) is 48.5 Å². The maximum atomic E-state index is 12.4. The predicted molar refractivity (Wildman–Crippen MR) is 113 cm³/mol.